The molecule has 0 spiro atoms. The number of fused-ring (bicyclic) bond motifs is 3. The molecule has 0 unspecified atom stereocenters. The van der Waals surface area contributed by atoms with Crippen LogP contribution in [0.5, 0.6) is 0 Å². The Morgan fingerprint density at radius 1 is 0.733 bits per heavy atom. The zero-order valence-corrected chi connectivity index (χ0v) is 16.8. The normalized spacial score (nSPS) is 12.3. The van der Waals surface area contributed by atoms with E-state index in [4.69, 9.17) is 9.97 Å². The first kappa shape index (κ1) is 19.4. The largest absolute Gasteiger partial charge is 0.298 e. The van der Waals surface area contributed by atoms with Gasteiger partial charge in [0, 0.05) is 21.9 Å². The third-order valence-corrected chi connectivity index (χ3v) is 5.05. The van der Waals surface area contributed by atoms with E-state index in [2.05, 4.69) is 0 Å². The Bertz CT molecular complexity index is 1330. The summed E-state index contributed by atoms with van der Waals surface area (Å²) < 4.78 is 0. The third-order valence-electron chi connectivity index (χ3n) is 5.05. The van der Waals surface area contributed by atoms with Gasteiger partial charge in [-0.15, -0.1) is 0 Å². The second kappa shape index (κ2) is 8.21. The summed E-state index contributed by atoms with van der Waals surface area (Å²) in [4.78, 5) is 31.5. The zero-order chi connectivity index (χ0) is 21.1. The predicted octanol–water partition coefficient (Wildman–Crippen LogP) is 5.81. The fraction of sp³-hybridized carbons (Fsp3) is 0.0769. The quantitative estimate of drug-likeness (QED) is 0.186. The van der Waals surface area contributed by atoms with Crippen LogP contribution in [0.2, 0.25) is 0 Å². The molecule has 30 heavy (non-hydrogen) atoms. The molecular weight excluding hydrogens is 372 g/mol. The lowest BCUT2D eigenvalue weighted by Gasteiger charge is -2.08. The zero-order valence-electron chi connectivity index (χ0n) is 16.8. The van der Waals surface area contributed by atoms with Crippen molar-refractivity contribution < 1.29 is 9.59 Å². The summed E-state index contributed by atoms with van der Waals surface area (Å²) in [6, 6.07) is 19.5. The molecule has 0 N–H and O–H groups in total. The highest BCUT2D eigenvalue weighted by Crippen LogP contribution is 2.27. The number of aldehydes is 2. The predicted molar refractivity (Wildman–Crippen MR) is 121 cm³/mol. The minimum absolute atomic E-state index is 0.637. The van der Waals surface area contributed by atoms with Gasteiger partial charge in [0.25, 0.3) is 0 Å². The number of hydrogen-bond donors (Lipinski definition) is 0. The standard InChI is InChI=1S/C26H20N2O2/c1-17(15-29)3-4-18(2)23-13-11-21-9-10-22-12-14-24(28-26(22)25(21)27-23)20-7-5-19(16-30)6-8-20/h3-16H,1-2H3/b17-3+,18-4+. The third kappa shape index (κ3) is 3.80. The maximum Gasteiger partial charge on any atom is 0.150 e. The molecule has 0 radical (unpaired) electrons. The first-order valence-corrected chi connectivity index (χ1v) is 9.66. The van der Waals surface area contributed by atoms with Gasteiger partial charge in [-0.3, -0.25) is 9.59 Å². The minimum atomic E-state index is 0.637. The maximum absolute atomic E-state index is 10.9. The van der Waals surface area contributed by atoms with Crippen molar-refractivity contribution in [2.45, 2.75) is 13.8 Å². The molecule has 4 aromatic rings. The molecule has 2 heterocycles. The molecule has 0 saturated heterocycles. The molecular formula is C26H20N2O2. The van der Waals surface area contributed by atoms with E-state index in [1.54, 1.807) is 25.1 Å². The summed E-state index contributed by atoms with van der Waals surface area (Å²) in [6.45, 7) is 3.74. The van der Waals surface area contributed by atoms with E-state index in [-0.39, 0.29) is 0 Å². The molecule has 0 bridgehead atoms. The van der Waals surface area contributed by atoms with Gasteiger partial charge in [0.1, 0.15) is 12.6 Å². The molecule has 4 nitrogen and oxygen atoms in total. The van der Waals surface area contributed by atoms with Crippen LogP contribution in [-0.4, -0.2) is 22.5 Å². The summed E-state index contributed by atoms with van der Waals surface area (Å²) in [5.41, 5.74) is 6.55. The number of nitrogens with zero attached hydrogens (tertiary/aromatic N) is 2. The van der Waals surface area contributed by atoms with Crippen molar-refractivity contribution in [2.24, 2.45) is 0 Å². The summed E-state index contributed by atoms with van der Waals surface area (Å²) in [5.74, 6) is 0. The second-order valence-corrected chi connectivity index (χ2v) is 7.22. The van der Waals surface area contributed by atoms with E-state index in [1.165, 1.54) is 0 Å². The van der Waals surface area contributed by atoms with E-state index in [9.17, 15) is 9.59 Å². The van der Waals surface area contributed by atoms with Crippen molar-refractivity contribution in [3.63, 3.8) is 0 Å². The van der Waals surface area contributed by atoms with Crippen molar-refractivity contribution >= 4 is 40.0 Å². The summed E-state index contributed by atoms with van der Waals surface area (Å²) >= 11 is 0. The number of rotatable bonds is 5. The smallest absolute Gasteiger partial charge is 0.150 e. The molecule has 2 aromatic heterocycles. The number of aromatic nitrogens is 2. The van der Waals surface area contributed by atoms with Crippen molar-refractivity contribution in [1.29, 1.82) is 0 Å². The summed E-state index contributed by atoms with van der Waals surface area (Å²) in [6.07, 6.45) is 5.35. The van der Waals surface area contributed by atoms with Crippen molar-refractivity contribution in [3.8, 4) is 11.3 Å². The topological polar surface area (TPSA) is 59.9 Å². The number of allylic oxidation sites excluding steroid dienone is 4. The number of hydrogen-bond acceptors (Lipinski definition) is 4. The highest BCUT2D eigenvalue weighted by atomic mass is 16.1. The average molecular weight is 392 g/mol. The minimum Gasteiger partial charge on any atom is -0.298 e. The highest BCUT2D eigenvalue weighted by molar-refractivity contribution is 6.03. The van der Waals surface area contributed by atoms with Gasteiger partial charge < -0.3 is 0 Å². The van der Waals surface area contributed by atoms with Crippen LogP contribution in [0, 0.1) is 0 Å². The molecule has 0 atom stereocenters. The van der Waals surface area contributed by atoms with Crippen LogP contribution in [0.1, 0.15) is 29.9 Å². The fourth-order valence-electron chi connectivity index (χ4n) is 3.26. The van der Waals surface area contributed by atoms with Crippen LogP contribution < -0.4 is 0 Å². The Kier molecular flexibility index (Phi) is 5.31. The average Bonchev–Trinajstić information content (AvgIpc) is 2.81. The van der Waals surface area contributed by atoms with Crippen LogP contribution >= 0.6 is 0 Å². The van der Waals surface area contributed by atoms with E-state index in [1.807, 2.05) is 61.5 Å². The van der Waals surface area contributed by atoms with Gasteiger partial charge in [0.05, 0.1) is 22.4 Å². The molecule has 0 saturated carbocycles. The van der Waals surface area contributed by atoms with Crippen LogP contribution in [-0.2, 0) is 4.79 Å². The number of carbonyl (C=O) groups excluding carboxylic acids is 2. The van der Waals surface area contributed by atoms with Crippen molar-refractivity contribution in [2.75, 3.05) is 0 Å². The lowest BCUT2D eigenvalue weighted by atomic mass is 10.1. The summed E-state index contributed by atoms with van der Waals surface area (Å²) in [7, 11) is 0. The van der Waals surface area contributed by atoms with Gasteiger partial charge in [0.2, 0.25) is 0 Å². The van der Waals surface area contributed by atoms with Gasteiger partial charge in [0.15, 0.2) is 0 Å². The molecule has 4 rings (SSSR count). The van der Waals surface area contributed by atoms with Gasteiger partial charge in [-0.2, -0.15) is 0 Å². The Morgan fingerprint density at radius 3 is 2.03 bits per heavy atom. The highest BCUT2D eigenvalue weighted by Gasteiger charge is 2.08. The molecule has 0 amide bonds. The molecule has 0 fully saturated rings. The first-order valence-electron chi connectivity index (χ1n) is 9.66. The molecule has 0 aliphatic rings. The van der Waals surface area contributed by atoms with Gasteiger partial charge in [-0.1, -0.05) is 60.7 Å². The van der Waals surface area contributed by atoms with Gasteiger partial charge in [-0.25, -0.2) is 9.97 Å². The van der Waals surface area contributed by atoms with E-state index < -0.39 is 0 Å². The Morgan fingerprint density at radius 2 is 1.37 bits per heavy atom. The molecule has 0 aliphatic carbocycles. The number of benzene rings is 2. The summed E-state index contributed by atoms with van der Waals surface area (Å²) in [5, 5.41) is 2.03. The van der Waals surface area contributed by atoms with Crippen LogP contribution in [0.3, 0.4) is 0 Å². The van der Waals surface area contributed by atoms with E-state index in [0.717, 1.165) is 56.9 Å². The monoisotopic (exact) mass is 392 g/mol. The SMILES string of the molecule is C/C(C=O)=C\C=C(/C)c1ccc2ccc3ccc(-c4ccc(C=O)cc4)nc3c2n1. The van der Waals surface area contributed by atoms with E-state index in [0.29, 0.717) is 11.1 Å². The second-order valence-electron chi connectivity index (χ2n) is 7.22. The van der Waals surface area contributed by atoms with Crippen LogP contribution in [0.4, 0.5) is 0 Å². The van der Waals surface area contributed by atoms with Crippen molar-refractivity contribution in [1.82, 2.24) is 9.97 Å². The van der Waals surface area contributed by atoms with Gasteiger partial charge in [-0.05, 0) is 37.1 Å². The molecule has 0 aliphatic heterocycles. The fourth-order valence-corrected chi connectivity index (χ4v) is 3.26. The van der Waals surface area contributed by atoms with Crippen molar-refractivity contribution in [3.05, 3.63) is 89.6 Å². The Labute approximate surface area is 174 Å². The lowest BCUT2D eigenvalue weighted by Crippen LogP contribution is -1.92. The molecule has 146 valence electrons. The van der Waals surface area contributed by atoms with Crippen LogP contribution in [0.25, 0.3) is 38.6 Å². The lowest BCUT2D eigenvalue weighted by molar-refractivity contribution is -0.104. The first-order chi connectivity index (χ1) is 14.6. The van der Waals surface area contributed by atoms with Crippen LogP contribution in [0.15, 0.2) is 78.4 Å². The molecule has 2 aromatic carbocycles. The van der Waals surface area contributed by atoms with Gasteiger partial charge >= 0.3 is 0 Å². The van der Waals surface area contributed by atoms with E-state index >= 15 is 0 Å². The Balaban J connectivity index is 1.86. The molecule has 4 heteroatoms. The number of carbonyl (C=O) groups is 2. The number of pyridine rings is 2. The maximum atomic E-state index is 10.9. The Hall–Kier alpha value is -3.92.